The lowest BCUT2D eigenvalue weighted by Gasteiger charge is -2.22. The summed E-state index contributed by atoms with van der Waals surface area (Å²) in [6.07, 6.45) is -3.08. The smallest absolute Gasteiger partial charge is 0.363 e. The molecule has 2 unspecified atom stereocenters. The van der Waals surface area contributed by atoms with Gasteiger partial charge >= 0.3 is 6.18 Å². The SMILES string of the molecule is CN(C)c1cc(CNC(=O)C2CCCN2S(=O)c2ccc(Cl)s2)cc(-c2ccc(C(F)(F)F)cc2)n1. The lowest BCUT2D eigenvalue weighted by Crippen LogP contribution is -2.43. The van der Waals surface area contributed by atoms with Crippen LogP contribution >= 0.6 is 22.9 Å². The number of hydrogen-bond acceptors (Lipinski definition) is 5. The highest BCUT2D eigenvalue weighted by Crippen LogP contribution is 2.32. The third-order valence-electron chi connectivity index (χ3n) is 5.74. The van der Waals surface area contributed by atoms with Crippen molar-refractivity contribution in [3.8, 4) is 11.3 Å². The Labute approximate surface area is 218 Å². The average molecular weight is 557 g/mol. The van der Waals surface area contributed by atoms with Crippen molar-refractivity contribution in [2.45, 2.75) is 35.8 Å². The molecule has 1 N–H and O–H groups in total. The van der Waals surface area contributed by atoms with Gasteiger partial charge in [-0.2, -0.15) is 13.2 Å². The molecule has 1 fully saturated rings. The number of rotatable bonds is 7. The van der Waals surface area contributed by atoms with Gasteiger partial charge in [0.25, 0.3) is 0 Å². The Bertz CT molecular complexity index is 1260. The summed E-state index contributed by atoms with van der Waals surface area (Å²) < 4.78 is 54.6. The molecular formula is C24H24ClF3N4O2S2. The van der Waals surface area contributed by atoms with Crippen molar-refractivity contribution < 1.29 is 22.2 Å². The quantitative estimate of drug-likeness (QED) is 0.426. The molecule has 0 spiro atoms. The van der Waals surface area contributed by atoms with E-state index in [0.717, 1.165) is 24.1 Å². The molecule has 4 rings (SSSR count). The first kappa shape index (κ1) is 26.6. The van der Waals surface area contributed by atoms with Gasteiger partial charge in [0.15, 0.2) is 0 Å². The molecular weight excluding hydrogens is 533 g/mol. The molecule has 12 heteroatoms. The third kappa shape index (κ3) is 6.08. The van der Waals surface area contributed by atoms with Crippen molar-refractivity contribution in [3.05, 3.63) is 64.0 Å². The van der Waals surface area contributed by atoms with Crippen LogP contribution in [0.1, 0.15) is 24.0 Å². The van der Waals surface area contributed by atoms with Crippen molar-refractivity contribution in [2.24, 2.45) is 0 Å². The fourth-order valence-electron chi connectivity index (χ4n) is 3.89. The number of halogens is 4. The van der Waals surface area contributed by atoms with Gasteiger partial charge in [-0.3, -0.25) is 4.79 Å². The molecule has 1 aliphatic rings. The Morgan fingerprint density at radius 2 is 1.94 bits per heavy atom. The van der Waals surface area contributed by atoms with E-state index in [9.17, 15) is 22.2 Å². The maximum absolute atomic E-state index is 13.0. The first-order valence-electron chi connectivity index (χ1n) is 11.1. The number of carbonyl (C=O) groups is 1. The lowest BCUT2D eigenvalue weighted by atomic mass is 10.1. The molecule has 1 amide bonds. The number of amides is 1. The van der Waals surface area contributed by atoms with Crippen LogP contribution in [0.3, 0.4) is 0 Å². The zero-order chi connectivity index (χ0) is 26.0. The summed E-state index contributed by atoms with van der Waals surface area (Å²) in [4.78, 5) is 19.4. The van der Waals surface area contributed by atoms with E-state index in [1.54, 1.807) is 27.4 Å². The predicted octanol–water partition coefficient (Wildman–Crippen LogP) is 5.35. The van der Waals surface area contributed by atoms with Gasteiger partial charge in [0.05, 0.1) is 15.6 Å². The molecule has 1 saturated heterocycles. The van der Waals surface area contributed by atoms with Crippen molar-refractivity contribution in [3.63, 3.8) is 0 Å². The van der Waals surface area contributed by atoms with Gasteiger partial charge in [0, 0.05) is 32.7 Å². The van der Waals surface area contributed by atoms with Gasteiger partial charge < -0.3 is 10.2 Å². The number of nitrogens with one attached hydrogen (secondary N) is 1. The molecule has 0 bridgehead atoms. The van der Waals surface area contributed by atoms with E-state index < -0.39 is 28.8 Å². The molecule has 2 aromatic heterocycles. The van der Waals surface area contributed by atoms with Crippen molar-refractivity contribution in [2.75, 3.05) is 25.5 Å². The van der Waals surface area contributed by atoms with Crippen LogP contribution in [0.2, 0.25) is 4.34 Å². The van der Waals surface area contributed by atoms with E-state index in [2.05, 4.69) is 10.3 Å². The molecule has 0 aliphatic carbocycles. The number of alkyl halides is 3. The van der Waals surface area contributed by atoms with E-state index in [0.29, 0.717) is 38.6 Å². The van der Waals surface area contributed by atoms with Crippen LogP contribution in [0.15, 0.2) is 52.7 Å². The van der Waals surface area contributed by atoms with Crippen molar-refractivity contribution in [1.29, 1.82) is 0 Å². The average Bonchev–Trinajstić information content (AvgIpc) is 3.51. The number of thiophene rings is 1. The number of aromatic nitrogens is 1. The minimum Gasteiger partial charge on any atom is -0.363 e. The Morgan fingerprint density at radius 3 is 2.56 bits per heavy atom. The summed E-state index contributed by atoms with van der Waals surface area (Å²) in [6, 6.07) is 11.2. The molecule has 2 atom stereocenters. The topological polar surface area (TPSA) is 65.5 Å². The zero-order valence-electron chi connectivity index (χ0n) is 19.5. The summed E-state index contributed by atoms with van der Waals surface area (Å²) in [6.45, 7) is 0.732. The molecule has 0 radical (unpaired) electrons. The first-order chi connectivity index (χ1) is 17.0. The molecule has 3 aromatic rings. The second kappa shape index (κ2) is 10.9. The van der Waals surface area contributed by atoms with Gasteiger partial charge in [-0.15, -0.1) is 11.3 Å². The van der Waals surface area contributed by atoms with Crippen LogP contribution in [-0.2, 0) is 28.5 Å². The zero-order valence-corrected chi connectivity index (χ0v) is 21.9. The highest BCUT2D eigenvalue weighted by Gasteiger charge is 2.35. The Hall–Kier alpha value is -2.47. The number of pyridine rings is 1. The highest BCUT2D eigenvalue weighted by molar-refractivity contribution is 7.85. The second-order valence-corrected chi connectivity index (χ2v) is 11.9. The summed E-state index contributed by atoms with van der Waals surface area (Å²) in [5.41, 5.74) is 1.04. The third-order valence-corrected chi connectivity index (χ3v) is 8.79. The van der Waals surface area contributed by atoms with E-state index >= 15 is 0 Å². The standard InChI is InChI=1S/C24H24ClF3N4O2S2/c1-31(2)21-13-15(12-18(30-21)16-5-7-17(8-6-16)24(26,27)28)14-29-23(33)19-4-3-11-32(19)36(34)22-10-9-20(25)35-22/h5-10,12-13,19H,3-4,11,14H2,1-2H3,(H,29,33). The monoisotopic (exact) mass is 556 g/mol. The van der Waals surface area contributed by atoms with Crippen molar-refractivity contribution >= 4 is 45.6 Å². The van der Waals surface area contributed by atoms with Crippen LogP contribution in [-0.4, -0.2) is 46.1 Å². The van der Waals surface area contributed by atoms with E-state index in [1.165, 1.54) is 23.5 Å². The Morgan fingerprint density at radius 1 is 1.22 bits per heavy atom. The molecule has 1 aromatic carbocycles. The van der Waals surface area contributed by atoms with Gasteiger partial charge in [-0.25, -0.2) is 13.5 Å². The van der Waals surface area contributed by atoms with Gasteiger partial charge in [-0.1, -0.05) is 23.7 Å². The second-order valence-electron chi connectivity index (χ2n) is 8.51. The number of anilines is 1. The van der Waals surface area contributed by atoms with Crippen LogP contribution in [0.4, 0.5) is 19.0 Å². The Kier molecular flexibility index (Phi) is 8.03. The van der Waals surface area contributed by atoms with Gasteiger partial charge in [0.2, 0.25) is 5.91 Å². The van der Waals surface area contributed by atoms with Gasteiger partial charge in [0.1, 0.15) is 27.1 Å². The normalized spacial score (nSPS) is 17.2. The maximum atomic E-state index is 13.0. The molecule has 6 nitrogen and oxygen atoms in total. The number of benzene rings is 1. The number of hydrogen-bond donors (Lipinski definition) is 1. The Balaban J connectivity index is 1.50. The van der Waals surface area contributed by atoms with E-state index in [1.807, 2.05) is 20.2 Å². The molecule has 0 saturated carbocycles. The van der Waals surface area contributed by atoms with Crippen LogP contribution < -0.4 is 10.2 Å². The molecule has 36 heavy (non-hydrogen) atoms. The lowest BCUT2D eigenvalue weighted by molar-refractivity contribution is -0.137. The first-order valence-corrected chi connectivity index (χ1v) is 13.4. The highest BCUT2D eigenvalue weighted by atomic mass is 35.5. The van der Waals surface area contributed by atoms with Crippen molar-refractivity contribution in [1.82, 2.24) is 14.6 Å². The van der Waals surface area contributed by atoms with E-state index in [4.69, 9.17) is 11.6 Å². The fourth-order valence-corrected chi connectivity index (χ4v) is 6.79. The summed E-state index contributed by atoms with van der Waals surface area (Å²) >= 11 is 7.21. The number of carbonyl (C=O) groups excluding carboxylic acids is 1. The summed E-state index contributed by atoms with van der Waals surface area (Å²) in [7, 11) is 2.14. The molecule has 3 heterocycles. The molecule has 1 aliphatic heterocycles. The van der Waals surface area contributed by atoms with Crippen LogP contribution in [0, 0.1) is 0 Å². The van der Waals surface area contributed by atoms with E-state index in [-0.39, 0.29) is 12.5 Å². The number of nitrogens with zero attached hydrogens (tertiary/aromatic N) is 3. The van der Waals surface area contributed by atoms with Gasteiger partial charge in [-0.05, 0) is 54.8 Å². The summed E-state index contributed by atoms with van der Waals surface area (Å²) in [5.74, 6) is 0.373. The minimum absolute atomic E-state index is 0.192. The maximum Gasteiger partial charge on any atom is 0.416 e. The largest absolute Gasteiger partial charge is 0.416 e. The minimum atomic E-state index is -4.42. The molecule has 192 valence electrons. The van der Waals surface area contributed by atoms with Crippen LogP contribution in [0.5, 0.6) is 0 Å². The fraction of sp³-hybridized carbons (Fsp3) is 0.333. The predicted molar refractivity (Wildman–Crippen MR) is 136 cm³/mol. The van der Waals surface area contributed by atoms with Crippen LogP contribution in [0.25, 0.3) is 11.3 Å². The summed E-state index contributed by atoms with van der Waals surface area (Å²) in [5, 5.41) is 2.92.